The van der Waals surface area contributed by atoms with Gasteiger partial charge in [0.1, 0.15) is 11.4 Å². The lowest BCUT2D eigenvalue weighted by atomic mass is 10.2. The van der Waals surface area contributed by atoms with Crippen LogP contribution in [0.3, 0.4) is 0 Å². The van der Waals surface area contributed by atoms with Gasteiger partial charge in [-0.15, -0.1) is 0 Å². The summed E-state index contributed by atoms with van der Waals surface area (Å²) in [5.41, 5.74) is 2.06. The molecular formula is C23H23N3O2. The molecule has 28 heavy (non-hydrogen) atoms. The summed E-state index contributed by atoms with van der Waals surface area (Å²) >= 11 is 0. The fourth-order valence-electron chi connectivity index (χ4n) is 3.36. The Morgan fingerprint density at radius 2 is 1.68 bits per heavy atom. The molecule has 0 bridgehead atoms. The second kappa shape index (κ2) is 8.57. The van der Waals surface area contributed by atoms with Gasteiger partial charge in [-0.3, -0.25) is 4.79 Å². The predicted molar refractivity (Wildman–Crippen MR) is 110 cm³/mol. The van der Waals surface area contributed by atoms with Gasteiger partial charge in [-0.1, -0.05) is 43.2 Å². The summed E-state index contributed by atoms with van der Waals surface area (Å²) in [6.07, 6.45) is 6.16. The predicted octanol–water partition coefficient (Wildman–Crippen LogP) is 5.29. The van der Waals surface area contributed by atoms with E-state index in [4.69, 9.17) is 4.74 Å². The molecule has 4 rings (SSSR count). The lowest BCUT2D eigenvalue weighted by Gasteiger charge is -2.14. The van der Waals surface area contributed by atoms with Crippen molar-refractivity contribution >= 4 is 17.3 Å². The minimum absolute atomic E-state index is 0.105. The summed E-state index contributed by atoms with van der Waals surface area (Å²) in [5, 5.41) is 6.37. The van der Waals surface area contributed by atoms with E-state index in [0.717, 1.165) is 35.7 Å². The van der Waals surface area contributed by atoms with E-state index in [0.29, 0.717) is 5.69 Å². The van der Waals surface area contributed by atoms with Gasteiger partial charge in [-0.05, 0) is 49.2 Å². The van der Waals surface area contributed by atoms with Crippen LogP contribution in [0.4, 0.5) is 11.4 Å². The SMILES string of the molecule is O=C(NC1CCCC1)c1ccc(Nc2ccccc2Oc2ccccc2)cn1. The second-order valence-electron chi connectivity index (χ2n) is 6.92. The van der Waals surface area contributed by atoms with Crippen molar-refractivity contribution in [3.63, 3.8) is 0 Å². The molecule has 1 aliphatic carbocycles. The van der Waals surface area contributed by atoms with Gasteiger partial charge >= 0.3 is 0 Å². The highest BCUT2D eigenvalue weighted by Crippen LogP contribution is 2.31. The zero-order valence-electron chi connectivity index (χ0n) is 15.6. The monoisotopic (exact) mass is 373 g/mol. The first-order valence-corrected chi connectivity index (χ1v) is 9.64. The number of pyridine rings is 1. The van der Waals surface area contributed by atoms with Crippen LogP contribution in [-0.2, 0) is 0 Å². The van der Waals surface area contributed by atoms with Crippen LogP contribution in [0.15, 0.2) is 72.9 Å². The van der Waals surface area contributed by atoms with Crippen LogP contribution in [0.25, 0.3) is 0 Å². The number of hydrogen-bond donors (Lipinski definition) is 2. The Balaban J connectivity index is 1.44. The summed E-state index contributed by atoms with van der Waals surface area (Å²) in [6, 6.07) is 21.3. The number of carbonyl (C=O) groups excluding carboxylic acids is 1. The largest absolute Gasteiger partial charge is 0.455 e. The van der Waals surface area contributed by atoms with E-state index in [1.807, 2.05) is 60.7 Å². The van der Waals surface area contributed by atoms with E-state index in [2.05, 4.69) is 15.6 Å². The van der Waals surface area contributed by atoms with E-state index in [1.165, 1.54) is 12.8 Å². The van der Waals surface area contributed by atoms with Crippen molar-refractivity contribution in [2.24, 2.45) is 0 Å². The lowest BCUT2D eigenvalue weighted by Crippen LogP contribution is -2.33. The average molecular weight is 373 g/mol. The number of anilines is 2. The molecule has 5 heteroatoms. The fourth-order valence-corrected chi connectivity index (χ4v) is 3.36. The topological polar surface area (TPSA) is 63.2 Å². The highest BCUT2D eigenvalue weighted by molar-refractivity contribution is 5.92. The van der Waals surface area contributed by atoms with E-state index >= 15 is 0 Å². The molecule has 1 saturated carbocycles. The van der Waals surface area contributed by atoms with Crippen LogP contribution < -0.4 is 15.4 Å². The Morgan fingerprint density at radius 1 is 0.929 bits per heavy atom. The minimum atomic E-state index is -0.105. The summed E-state index contributed by atoms with van der Waals surface area (Å²) in [7, 11) is 0. The Morgan fingerprint density at radius 3 is 2.43 bits per heavy atom. The van der Waals surface area contributed by atoms with Gasteiger partial charge in [-0.2, -0.15) is 0 Å². The molecule has 1 amide bonds. The van der Waals surface area contributed by atoms with E-state index in [-0.39, 0.29) is 11.9 Å². The fraction of sp³-hybridized carbons (Fsp3) is 0.217. The second-order valence-corrected chi connectivity index (χ2v) is 6.92. The maximum atomic E-state index is 12.3. The highest BCUT2D eigenvalue weighted by Gasteiger charge is 2.18. The number of nitrogens with one attached hydrogen (secondary N) is 2. The minimum Gasteiger partial charge on any atom is -0.455 e. The third kappa shape index (κ3) is 4.49. The first-order valence-electron chi connectivity index (χ1n) is 9.64. The molecule has 142 valence electrons. The van der Waals surface area contributed by atoms with Crippen molar-refractivity contribution in [1.29, 1.82) is 0 Å². The van der Waals surface area contributed by atoms with Gasteiger partial charge in [0, 0.05) is 6.04 Å². The van der Waals surface area contributed by atoms with Gasteiger partial charge in [0.05, 0.1) is 17.6 Å². The van der Waals surface area contributed by atoms with E-state index < -0.39 is 0 Å². The van der Waals surface area contributed by atoms with Crippen LogP contribution in [0, 0.1) is 0 Å². The van der Waals surface area contributed by atoms with Gasteiger partial charge in [0.2, 0.25) is 0 Å². The van der Waals surface area contributed by atoms with Crippen LogP contribution in [0.1, 0.15) is 36.2 Å². The number of nitrogens with zero attached hydrogens (tertiary/aromatic N) is 1. The zero-order valence-corrected chi connectivity index (χ0v) is 15.6. The molecule has 0 aliphatic heterocycles. The summed E-state index contributed by atoms with van der Waals surface area (Å²) in [5.74, 6) is 1.39. The Labute approximate surface area is 164 Å². The lowest BCUT2D eigenvalue weighted by molar-refractivity contribution is 0.0933. The zero-order chi connectivity index (χ0) is 19.2. The molecule has 0 atom stereocenters. The van der Waals surface area contributed by atoms with E-state index in [1.54, 1.807) is 12.3 Å². The molecule has 5 nitrogen and oxygen atoms in total. The third-order valence-corrected chi connectivity index (χ3v) is 4.82. The maximum Gasteiger partial charge on any atom is 0.270 e. The summed E-state index contributed by atoms with van der Waals surface area (Å²) < 4.78 is 5.97. The Hall–Kier alpha value is -3.34. The molecule has 0 unspecified atom stereocenters. The molecule has 2 aromatic carbocycles. The van der Waals surface area contributed by atoms with Gasteiger partial charge in [-0.25, -0.2) is 4.98 Å². The molecular weight excluding hydrogens is 350 g/mol. The number of carbonyl (C=O) groups is 1. The van der Waals surface area contributed by atoms with Crippen LogP contribution in [-0.4, -0.2) is 16.9 Å². The normalized spacial score (nSPS) is 13.9. The molecule has 1 aromatic heterocycles. The number of para-hydroxylation sites is 3. The smallest absolute Gasteiger partial charge is 0.270 e. The first-order chi connectivity index (χ1) is 13.8. The quantitative estimate of drug-likeness (QED) is 0.616. The highest BCUT2D eigenvalue weighted by atomic mass is 16.5. The number of aromatic nitrogens is 1. The van der Waals surface area contributed by atoms with Crippen molar-refractivity contribution in [1.82, 2.24) is 10.3 Å². The standard InChI is InChI=1S/C23H23N3O2/c27-23(26-17-8-4-5-9-17)21-15-14-18(16-24-21)25-20-12-6-7-13-22(20)28-19-10-2-1-3-11-19/h1-3,6-7,10-17,25H,4-5,8-9H2,(H,26,27). The summed E-state index contributed by atoms with van der Waals surface area (Å²) in [6.45, 7) is 0. The number of rotatable bonds is 6. The van der Waals surface area contributed by atoms with Crippen LogP contribution in [0.5, 0.6) is 11.5 Å². The van der Waals surface area contributed by atoms with Crippen molar-refractivity contribution < 1.29 is 9.53 Å². The molecule has 1 aliphatic rings. The van der Waals surface area contributed by atoms with Crippen molar-refractivity contribution in [3.8, 4) is 11.5 Å². The number of hydrogen-bond acceptors (Lipinski definition) is 4. The van der Waals surface area contributed by atoms with E-state index in [9.17, 15) is 4.79 Å². The van der Waals surface area contributed by atoms with Crippen molar-refractivity contribution in [2.45, 2.75) is 31.7 Å². The third-order valence-electron chi connectivity index (χ3n) is 4.82. The summed E-state index contributed by atoms with van der Waals surface area (Å²) in [4.78, 5) is 16.6. The molecule has 0 saturated heterocycles. The Kier molecular flexibility index (Phi) is 5.52. The number of ether oxygens (including phenoxy) is 1. The Bertz CT molecular complexity index is 920. The number of amides is 1. The van der Waals surface area contributed by atoms with Gasteiger partial charge < -0.3 is 15.4 Å². The molecule has 1 fully saturated rings. The van der Waals surface area contributed by atoms with Crippen molar-refractivity contribution in [3.05, 3.63) is 78.6 Å². The molecule has 3 aromatic rings. The number of benzene rings is 2. The average Bonchev–Trinajstić information content (AvgIpc) is 3.24. The van der Waals surface area contributed by atoms with Crippen LogP contribution >= 0.6 is 0 Å². The van der Waals surface area contributed by atoms with Gasteiger partial charge in [0.15, 0.2) is 5.75 Å². The molecule has 2 N–H and O–H groups in total. The molecule has 0 radical (unpaired) electrons. The van der Waals surface area contributed by atoms with Gasteiger partial charge in [0.25, 0.3) is 5.91 Å². The van der Waals surface area contributed by atoms with Crippen LogP contribution in [0.2, 0.25) is 0 Å². The molecule has 1 heterocycles. The molecule has 0 spiro atoms. The maximum absolute atomic E-state index is 12.3. The van der Waals surface area contributed by atoms with Crippen molar-refractivity contribution in [2.75, 3.05) is 5.32 Å². The first kappa shape index (κ1) is 18.0.